The second-order valence-electron chi connectivity index (χ2n) is 7.77. The number of carbonyl (C=O) groups excluding carboxylic acids is 2. The summed E-state index contributed by atoms with van der Waals surface area (Å²) in [5.41, 5.74) is 0.205. The zero-order chi connectivity index (χ0) is 20.5. The molecule has 30 heavy (non-hydrogen) atoms. The molecule has 0 spiro atoms. The minimum atomic E-state index is -0.500. The molecular weight excluding hydrogens is 505 g/mol. The van der Waals surface area contributed by atoms with Crippen LogP contribution in [0.5, 0.6) is 0 Å². The van der Waals surface area contributed by atoms with Gasteiger partial charge in [0, 0.05) is 32.2 Å². The number of aliphatic imine (C=N–C) groups is 1. The molecule has 2 fully saturated rings. The van der Waals surface area contributed by atoms with E-state index in [-0.39, 0.29) is 71.6 Å². The Hall–Kier alpha value is -2.04. The van der Waals surface area contributed by atoms with E-state index in [1.165, 1.54) is 4.90 Å². The molecular formula is C21H25F2IN4O2. The molecule has 9 heteroatoms. The Morgan fingerprint density at radius 1 is 1.13 bits per heavy atom. The van der Waals surface area contributed by atoms with Crippen LogP contribution in [-0.4, -0.2) is 42.8 Å². The summed E-state index contributed by atoms with van der Waals surface area (Å²) >= 11 is 0. The first-order chi connectivity index (χ1) is 14.0. The third-order valence-electron chi connectivity index (χ3n) is 6.09. The largest absolute Gasteiger partial charge is 0.356 e. The molecule has 4 rings (SSSR count). The van der Waals surface area contributed by atoms with Crippen LogP contribution in [0.1, 0.15) is 18.4 Å². The summed E-state index contributed by atoms with van der Waals surface area (Å²) in [4.78, 5) is 30.7. The van der Waals surface area contributed by atoms with E-state index >= 15 is 0 Å². The number of amides is 2. The topological polar surface area (TPSA) is 73.8 Å². The molecule has 162 valence electrons. The summed E-state index contributed by atoms with van der Waals surface area (Å²) in [6, 6.07) is 3.30. The SMILES string of the molecule is CN=C(NCCCN1C(=O)C2C3C=CC(C3)C2C1=O)NCc1cc(F)ccc1F.I. The molecule has 4 atom stereocenters. The lowest BCUT2D eigenvalue weighted by Gasteiger charge is -2.18. The number of benzene rings is 1. The summed E-state index contributed by atoms with van der Waals surface area (Å²) in [6.07, 6.45) is 5.67. The fourth-order valence-corrected chi connectivity index (χ4v) is 4.71. The highest BCUT2D eigenvalue weighted by atomic mass is 127. The minimum Gasteiger partial charge on any atom is -0.356 e. The Kier molecular flexibility index (Phi) is 7.10. The van der Waals surface area contributed by atoms with E-state index in [1.807, 2.05) is 0 Å². The van der Waals surface area contributed by atoms with Gasteiger partial charge in [0.1, 0.15) is 11.6 Å². The Balaban J connectivity index is 0.00000256. The van der Waals surface area contributed by atoms with E-state index in [9.17, 15) is 18.4 Å². The van der Waals surface area contributed by atoms with Crippen LogP contribution in [0.15, 0.2) is 35.3 Å². The van der Waals surface area contributed by atoms with Crippen LogP contribution in [0.3, 0.4) is 0 Å². The summed E-state index contributed by atoms with van der Waals surface area (Å²) in [6.45, 7) is 0.945. The molecule has 1 aromatic rings. The average Bonchev–Trinajstić information content (AvgIpc) is 3.39. The standard InChI is InChI=1S/C21H24F2N4O2.HI/c1-24-21(26-11-14-10-15(22)5-6-16(14)23)25-7-2-8-27-19(28)17-12-3-4-13(9-12)18(17)20(27)29;/h3-6,10,12-13,17-18H,2,7-9,11H2,1H3,(H2,24,25,26);1H. The second-order valence-corrected chi connectivity index (χ2v) is 7.77. The van der Waals surface area contributed by atoms with Crippen molar-refractivity contribution in [1.82, 2.24) is 15.5 Å². The molecule has 2 aliphatic carbocycles. The average molecular weight is 530 g/mol. The van der Waals surface area contributed by atoms with Gasteiger partial charge in [-0.1, -0.05) is 12.2 Å². The third kappa shape index (κ3) is 4.21. The zero-order valence-electron chi connectivity index (χ0n) is 16.6. The molecule has 2 N–H and O–H groups in total. The van der Waals surface area contributed by atoms with Crippen LogP contribution < -0.4 is 10.6 Å². The lowest BCUT2D eigenvalue weighted by Crippen LogP contribution is -2.39. The number of hydrogen-bond donors (Lipinski definition) is 2. The highest BCUT2D eigenvalue weighted by molar-refractivity contribution is 14.0. The summed E-state index contributed by atoms with van der Waals surface area (Å²) in [5, 5.41) is 6.00. The van der Waals surface area contributed by atoms with Crippen molar-refractivity contribution in [2.45, 2.75) is 19.4 Å². The van der Waals surface area contributed by atoms with Gasteiger partial charge < -0.3 is 10.6 Å². The monoisotopic (exact) mass is 530 g/mol. The smallest absolute Gasteiger partial charge is 0.233 e. The fraction of sp³-hybridized carbons (Fsp3) is 0.476. The number of fused-ring (bicyclic) bond motifs is 5. The van der Waals surface area contributed by atoms with Crippen molar-refractivity contribution in [3.8, 4) is 0 Å². The van der Waals surface area contributed by atoms with Crippen LogP contribution in [-0.2, 0) is 16.1 Å². The number of imide groups is 1. The Labute approximate surface area is 191 Å². The number of hydrogen-bond acceptors (Lipinski definition) is 3. The van der Waals surface area contributed by atoms with Crippen molar-refractivity contribution in [1.29, 1.82) is 0 Å². The third-order valence-corrected chi connectivity index (χ3v) is 6.09. The van der Waals surface area contributed by atoms with E-state index < -0.39 is 11.6 Å². The number of nitrogens with zero attached hydrogens (tertiary/aromatic N) is 2. The quantitative estimate of drug-likeness (QED) is 0.148. The van der Waals surface area contributed by atoms with Crippen molar-refractivity contribution in [3.63, 3.8) is 0 Å². The maximum Gasteiger partial charge on any atom is 0.233 e. The van der Waals surface area contributed by atoms with Gasteiger partial charge in [-0.2, -0.15) is 0 Å². The molecule has 3 aliphatic rings. The van der Waals surface area contributed by atoms with Crippen LogP contribution in [0.25, 0.3) is 0 Å². The van der Waals surface area contributed by atoms with Crippen molar-refractivity contribution in [2.75, 3.05) is 20.1 Å². The number of guanidine groups is 1. The van der Waals surface area contributed by atoms with E-state index in [4.69, 9.17) is 0 Å². The highest BCUT2D eigenvalue weighted by Crippen LogP contribution is 2.52. The van der Waals surface area contributed by atoms with E-state index in [0.717, 1.165) is 24.6 Å². The normalized spacial score (nSPS) is 26.8. The molecule has 1 saturated heterocycles. The molecule has 1 saturated carbocycles. The molecule has 2 bridgehead atoms. The Morgan fingerprint density at radius 2 is 1.80 bits per heavy atom. The number of carbonyl (C=O) groups is 2. The molecule has 6 nitrogen and oxygen atoms in total. The lowest BCUT2D eigenvalue weighted by molar-refractivity contribution is -0.140. The van der Waals surface area contributed by atoms with Gasteiger partial charge in [0.2, 0.25) is 11.8 Å². The van der Waals surface area contributed by atoms with Crippen molar-refractivity contribution >= 4 is 41.8 Å². The number of likely N-dealkylation sites (tertiary alicyclic amines) is 1. The number of halogens is 3. The van der Waals surface area contributed by atoms with Crippen LogP contribution in [0, 0.1) is 35.3 Å². The molecule has 1 heterocycles. The van der Waals surface area contributed by atoms with Crippen LogP contribution in [0.4, 0.5) is 8.78 Å². The number of rotatable bonds is 6. The first-order valence-electron chi connectivity index (χ1n) is 9.91. The zero-order valence-corrected chi connectivity index (χ0v) is 18.9. The predicted molar refractivity (Wildman–Crippen MR) is 119 cm³/mol. The summed E-state index contributed by atoms with van der Waals surface area (Å²) in [7, 11) is 1.58. The van der Waals surface area contributed by atoms with Crippen LogP contribution in [0.2, 0.25) is 0 Å². The molecule has 0 radical (unpaired) electrons. The fourth-order valence-electron chi connectivity index (χ4n) is 4.71. The number of nitrogens with one attached hydrogen (secondary N) is 2. The number of allylic oxidation sites excluding steroid dienone is 2. The molecule has 2 amide bonds. The van der Waals surface area contributed by atoms with Gasteiger partial charge >= 0.3 is 0 Å². The summed E-state index contributed by atoms with van der Waals surface area (Å²) < 4.78 is 26.9. The van der Waals surface area contributed by atoms with Gasteiger partial charge in [-0.3, -0.25) is 19.5 Å². The van der Waals surface area contributed by atoms with Gasteiger partial charge in [-0.05, 0) is 42.9 Å². The van der Waals surface area contributed by atoms with Crippen LogP contribution >= 0.6 is 24.0 Å². The highest BCUT2D eigenvalue weighted by Gasteiger charge is 2.58. The van der Waals surface area contributed by atoms with Gasteiger partial charge in [-0.15, -0.1) is 24.0 Å². The predicted octanol–water partition coefficient (Wildman–Crippen LogP) is 2.45. The van der Waals surface area contributed by atoms with Crippen molar-refractivity contribution < 1.29 is 18.4 Å². The van der Waals surface area contributed by atoms with Gasteiger partial charge in [-0.25, -0.2) is 8.78 Å². The van der Waals surface area contributed by atoms with E-state index in [2.05, 4.69) is 27.8 Å². The van der Waals surface area contributed by atoms with E-state index in [0.29, 0.717) is 25.5 Å². The Bertz CT molecular complexity index is 862. The van der Waals surface area contributed by atoms with Crippen molar-refractivity contribution in [3.05, 3.63) is 47.5 Å². The maximum atomic E-state index is 13.7. The van der Waals surface area contributed by atoms with Crippen molar-refractivity contribution in [2.24, 2.45) is 28.7 Å². The molecule has 1 aromatic carbocycles. The Morgan fingerprint density at radius 3 is 2.43 bits per heavy atom. The lowest BCUT2D eigenvalue weighted by atomic mass is 9.85. The second kappa shape index (κ2) is 9.40. The minimum absolute atomic E-state index is 0. The van der Waals surface area contributed by atoms with E-state index in [1.54, 1.807) is 7.05 Å². The summed E-state index contributed by atoms with van der Waals surface area (Å²) in [5.74, 6) is -0.531. The first-order valence-corrected chi connectivity index (χ1v) is 9.91. The first kappa shape index (κ1) is 22.6. The molecule has 4 unspecified atom stereocenters. The van der Waals surface area contributed by atoms with Gasteiger partial charge in [0.05, 0.1) is 11.8 Å². The maximum absolute atomic E-state index is 13.7. The molecule has 0 aromatic heterocycles. The molecule has 1 aliphatic heterocycles. The van der Waals surface area contributed by atoms with Gasteiger partial charge in [0.15, 0.2) is 5.96 Å². The van der Waals surface area contributed by atoms with Gasteiger partial charge in [0.25, 0.3) is 0 Å².